The molecule has 0 aliphatic rings. The van der Waals surface area contributed by atoms with Crippen molar-refractivity contribution in [1.82, 2.24) is 5.32 Å². The molecule has 1 atom stereocenters. The first-order chi connectivity index (χ1) is 9.24. The van der Waals surface area contributed by atoms with Crippen LogP contribution < -0.4 is 5.32 Å². The molecule has 19 heavy (non-hydrogen) atoms. The second-order valence-corrected chi connectivity index (χ2v) is 5.95. The van der Waals surface area contributed by atoms with Gasteiger partial charge in [0.15, 0.2) is 0 Å². The lowest BCUT2D eigenvalue weighted by atomic mass is 9.98. The zero-order valence-electron chi connectivity index (χ0n) is 13.0. The number of unbranched alkanes of at least 4 members (excludes halogenated alkanes) is 2. The molecule has 0 aliphatic heterocycles. The molecule has 0 bridgehead atoms. The number of rotatable bonds is 10. The van der Waals surface area contributed by atoms with Gasteiger partial charge in [0.1, 0.15) is 0 Å². The summed E-state index contributed by atoms with van der Waals surface area (Å²) in [6.45, 7) is 7.98. The predicted octanol–water partition coefficient (Wildman–Crippen LogP) is 5.33. The quantitative estimate of drug-likeness (QED) is 0.561. The smallest absolute Gasteiger partial charge is 0.0320 e. The molecule has 1 nitrogen and oxygen atoms in total. The molecule has 0 spiro atoms. The van der Waals surface area contributed by atoms with Crippen molar-refractivity contribution >= 4 is 0 Å². The Kier molecular flexibility index (Phi) is 8.57. The second kappa shape index (κ2) is 10.0. The van der Waals surface area contributed by atoms with E-state index >= 15 is 0 Å². The van der Waals surface area contributed by atoms with Crippen molar-refractivity contribution in [3.63, 3.8) is 0 Å². The minimum atomic E-state index is 0.542. The lowest BCUT2D eigenvalue weighted by Crippen LogP contribution is -2.22. The van der Waals surface area contributed by atoms with Crippen LogP contribution in [-0.2, 0) is 0 Å². The Morgan fingerprint density at radius 1 is 0.947 bits per heavy atom. The number of benzene rings is 1. The van der Waals surface area contributed by atoms with Gasteiger partial charge in [0, 0.05) is 6.04 Å². The Labute approximate surface area is 119 Å². The minimum absolute atomic E-state index is 0.542. The van der Waals surface area contributed by atoms with Crippen molar-refractivity contribution in [3.8, 4) is 0 Å². The maximum atomic E-state index is 3.69. The molecular formula is C18H31N. The van der Waals surface area contributed by atoms with Gasteiger partial charge in [-0.05, 0) is 30.9 Å². The van der Waals surface area contributed by atoms with Crippen LogP contribution in [0.25, 0.3) is 0 Å². The fourth-order valence-corrected chi connectivity index (χ4v) is 2.47. The Hall–Kier alpha value is -0.820. The molecule has 0 amide bonds. The normalized spacial score (nSPS) is 12.8. The van der Waals surface area contributed by atoms with E-state index in [1.165, 1.54) is 44.1 Å². The fraction of sp³-hybridized carbons (Fsp3) is 0.667. The van der Waals surface area contributed by atoms with E-state index in [2.05, 4.69) is 56.4 Å². The van der Waals surface area contributed by atoms with E-state index in [0.29, 0.717) is 6.04 Å². The molecule has 1 N–H and O–H groups in total. The maximum absolute atomic E-state index is 3.69. The van der Waals surface area contributed by atoms with Crippen molar-refractivity contribution in [2.75, 3.05) is 6.54 Å². The highest BCUT2D eigenvalue weighted by Gasteiger charge is 2.09. The van der Waals surface area contributed by atoms with Gasteiger partial charge in [-0.2, -0.15) is 0 Å². The van der Waals surface area contributed by atoms with Crippen molar-refractivity contribution < 1.29 is 0 Å². The predicted molar refractivity (Wildman–Crippen MR) is 85.4 cm³/mol. The van der Waals surface area contributed by atoms with Gasteiger partial charge in [-0.3, -0.25) is 0 Å². The number of hydrogen-bond donors (Lipinski definition) is 1. The van der Waals surface area contributed by atoms with Gasteiger partial charge in [-0.15, -0.1) is 0 Å². The first kappa shape index (κ1) is 16.2. The molecule has 1 heteroatoms. The minimum Gasteiger partial charge on any atom is -0.310 e. The summed E-state index contributed by atoms with van der Waals surface area (Å²) in [6, 6.07) is 11.4. The average Bonchev–Trinajstić information content (AvgIpc) is 2.42. The Morgan fingerprint density at radius 2 is 1.63 bits per heavy atom. The summed E-state index contributed by atoms with van der Waals surface area (Å²) >= 11 is 0. The highest BCUT2D eigenvalue weighted by atomic mass is 14.9. The summed E-state index contributed by atoms with van der Waals surface area (Å²) < 4.78 is 0. The number of nitrogens with one attached hydrogen (secondary N) is 1. The largest absolute Gasteiger partial charge is 0.310 e. The highest BCUT2D eigenvalue weighted by molar-refractivity contribution is 5.18. The molecule has 0 saturated carbocycles. The topological polar surface area (TPSA) is 12.0 Å². The van der Waals surface area contributed by atoms with Gasteiger partial charge in [0.05, 0.1) is 0 Å². The zero-order valence-corrected chi connectivity index (χ0v) is 13.0. The van der Waals surface area contributed by atoms with Crippen molar-refractivity contribution in [1.29, 1.82) is 0 Å². The van der Waals surface area contributed by atoms with Crippen LogP contribution in [0.5, 0.6) is 0 Å². The van der Waals surface area contributed by atoms with Crippen LogP contribution in [0.3, 0.4) is 0 Å². The third-order valence-electron chi connectivity index (χ3n) is 3.62. The summed E-state index contributed by atoms with van der Waals surface area (Å²) in [5, 5.41) is 3.69. The molecule has 108 valence electrons. The summed E-state index contributed by atoms with van der Waals surface area (Å²) in [7, 11) is 0. The van der Waals surface area contributed by atoms with E-state index in [1.54, 1.807) is 0 Å². The van der Waals surface area contributed by atoms with E-state index in [4.69, 9.17) is 0 Å². The zero-order chi connectivity index (χ0) is 13.9. The summed E-state index contributed by atoms with van der Waals surface area (Å²) in [4.78, 5) is 0. The van der Waals surface area contributed by atoms with Gasteiger partial charge in [0.25, 0.3) is 0 Å². The van der Waals surface area contributed by atoms with Crippen LogP contribution in [0.4, 0.5) is 0 Å². The van der Waals surface area contributed by atoms with E-state index in [9.17, 15) is 0 Å². The molecule has 0 saturated heterocycles. The monoisotopic (exact) mass is 261 g/mol. The molecular weight excluding hydrogens is 230 g/mol. The molecule has 1 aromatic carbocycles. The second-order valence-electron chi connectivity index (χ2n) is 5.95. The Bertz CT molecular complexity index is 305. The van der Waals surface area contributed by atoms with Gasteiger partial charge < -0.3 is 5.32 Å². The van der Waals surface area contributed by atoms with Crippen molar-refractivity contribution in [3.05, 3.63) is 35.9 Å². The maximum Gasteiger partial charge on any atom is 0.0320 e. The van der Waals surface area contributed by atoms with Crippen molar-refractivity contribution in [2.45, 2.75) is 65.3 Å². The Balaban J connectivity index is 2.34. The van der Waals surface area contributed by atoms with E-state index in [1.807, 2.05) is 0 Å². The summed E-state index contributed by atoms with van der Waals surface area (Å²) in [6.07, 6.45) is 7.93. The summed E-state index contributed by atoms with van der Waals surface area (Å²) in [5.41, 5.74) is 1.44. The molecule has 1 aromatic rings. The van der Waals surface area contributed by atoms with E-state index < -0.39 is 0 Å². The van der Waals surface area contributed by atoms with Gasteiger partial charge >= 0.3 is 0 Å². The van der Waals surface area contributed by atoms with Gasteiger partial charge in [0.2, 0.25) is 0 Å². The van der Waals surface area contributed by atoms with Crippen LogP contribution in [0.2, 0.25) is 0 Å². The van der Waals surface area contributed by atoms with E-state index in [0.717, 1.165) is 12.5 Å². The fourth-order valence-electron chi connectivity index (χ4n) is 2.47. The molecule has 0 aliphatic carbocycles. The molecule has 0 fully saturated rings. The number of hydrogen-bond acceptors (Lipinski definition) is 1. The lowest BCUT2D eigenvalue weighted by molar-refractivity contribution is 0.456. The van der Waals surface area contributed by atoms with Gasteiger partial charge in [-0.1, -0.05) is 76.8 Å². The SMILES string of the molecule is CCCNC(CCCCCC(C)C)c1ccccc1. The first-order valence-corrected chi connectivity index (χ1v) is 8.02. The summed E-state index contributed by atoms with van der Waals surface area (Å²) in [5.74, 6) is 0.850. The standard InChI is InChI=1S/C18H31N/c1-4-15-19-18(17-12-8-6-9-13-17)14-10-5-7-11-16(2)3/h6,8-9,12-13,16,18-19H,4-5,7,10-11,14-15H2,1-3H3. The molecule has 1 rings (SSSR count). The highest BCUT2D eigenvalue weighted by Crippen LogP contribution is 2.20. The third-order valence-corrected chi connectivity index (χ3v) is 3.62. The lowest BCUT2D eigenvalue weighted by Gasteiger charge is -2.19. The average molecular weight is 261 g/mol. The Morgan fingerprint density at radius 3 is 2.26 bits per heavy atom. The van der Waals surface area contributed by atoms with Crippen LogP contribution >= 0.6 is 0 Å². The van der Waals surface area contributed by atoms with Crippen LogP contribution in [-0.4, -0.2) is 6.54 Å². The van der Waals surface area contributed by atoms with E-state index in [-0.39, 0.29) is 0 Å². The van der Waals surface area contributed by atoms with Crippen LogP contribution in [0.15, 0.2) is 30.3 Å². The molecule has 0 aromatic heterocycles. The van der Waals surface area contributed by atoms with Crippen LogP contribution in [0.1, 0.15) is 70.9 Å². The van der Waals surface area contributed by atoms with Crippen molar-refractivity contribution in [2.24, 2.45) is 5.92 Å². The van der Waals surface area contributed by atoms with Crippen LogP contribution in [0, 0.1) is 5.92 Å². The van der Waals surface area contributed by atoms with Gasteiger partial charge in [-0.25, -0.2) is 0 Å². The first-order valence-electron chi connectivity index (χ1n) is 8.02. The molecule has 1 unspecified atom stereocenters. The third kappa shape index (κ3) is 7.37. The molecule has 0 heterocycles. The molecule has 0 radical (unpaired) electrons.